The summed E-state index contributed by atoms with van der Waals surface area (Å²) in [7, 11) is 2.14. The summed E-state index contributed by atoms with van der Waals surface area (Å²) in [6, 6.07) is 16.6. The van der Waals surface area contributed by atoms with E-state index in [0.29, 0.717) is 5.56 Å². The minimum atomic E-state index is 0.708. The molecule has 0 fully saturated rings. The largest absolute Gasteiger partial charge is 0.298 e. The molecule has 0 aliphatic carbocycles. The molecule has 88 valence electrons. The molecule has 1 aliphatic rings. The van der Waals surface area contributed by atoms with E-state index in [1.807, 2.05) is 24.3 Å². The van der Waals surface area contributed by atoms with Crippen LogP contribution in [0, 0.1) is 11.3 Å². The molecule has 0 saturated heterocycles. The third kappa shape index (κ3) is 1.90. The fourth-order valence-electron chi connectivity index (χ4n) is 2.48. The van der Waals surface area contributed by atoms with Crippen LogP contribution in [0.2, 0.25) is 0 Å². The summed E-state index contributed by atoms with van der Waals surface area (Å²) in [6.45, 7) is 2.07. The second-order valence-electron chi connectivity index (χ2n) is 4.84. The standard InChI is InChI=1S/C16H14N2/c1-18-10-15-7-6-14(8-16(15)11-18)13-4-2-12(9-17)3-5-13/h2-8H,10-11H2,1H3. The van der Waals surface area contributed by atoms with E-state index in [-0.39, 0.29) is 0 Å². The van der Waals surface area contributed by atoms with Crippen LogP contribution in [0.3, 0.4) is 0 Å². The molecule has 0 unspecified atom stereocenters. The van der Waals surface area contributed by atoms with Crippen LogP contribution in [-0.4, -0.2) is 11.9 Å². The van der Waals surface area contributed by atoms with E-state index < -0.39 is 0 Å². The molecule has 0 radical (unpaired) electrons. The molecule has 3 rings (SSSR count). The maximum atomic E-state index is 8.80. The molecule has 1 aliphatic heterocycles. The molecule has 0 saturated carbocycles. The topological polar surface area (TPSA) is 27.0 Å². The lowest BCUT2D eigenvalue weighted by atomic mass is 10.00. The van der Waals surface area contributed by atoms with Gasteiger partial charge in [-0.2, -0.15) is 5.26 Å². The molecule has 0 spiro atoms. The van der Waals surface area contributed by atoms with Crippen LogP contribution >= 0.6 is 0 Å². The van der Waals surface area contributed by atoms with E-state index >= 15 is 0 Å². The predicted octanol–water partition coefficient (Wildman–Crippen LogP) is 3.17. The Labute approximate surface area is 107 Å². The summed E-state index contributed by atoms with van der Waals surface area (Å²) in [4.78, 5) is 2.31. The van der Waals surface area contributed by atoms with E-state index in [0.717, 1.165) is 13.1 Å². The van der Waals surface area contributed by atoms with Gasteiger partial charge in [0, 0.05) is 13.1 Å². The lowest BCUT2D eigenvalue weighted by Gasteiger charge is -2.05. The van der Waals surface area contributed by atoms with Crippen molar-refractivity contribution in [1.29, 1.82) is 5.26 Å². The molecule has 1 heterocycles. The van der Waals surface area contributed by atoms with Crippen molar-refractivity contribution in [2.75, 3.05) is 7.05 Å². The molecular formula is C16H14N2. The number of hydrogen-bond acceptors (Lipinski definition) is 2. The average molecular weight is 234 g/mol. The summed E-state index contributed by atoms with van der Waals surface area (Å²) >= 11 is 0. The number of hydrogen-bond donors (Lipinski definition) is 0. The van der Waals surface area contributed by atoms with E-state index in [1.54, 1.807) is 0 Å². The highest BCUT2D eigenvalue weighted by Gasteiger charge is 2.15. The molecule has 0 N–H and O–H groups in total. The quantitative estimate of drug-likeness (QED) is 0.757. The minimum absolute atomic E-state index is 0.708. The zero-order chi connectivity index (χ0) is 12.5. The first-order valence-electron chi connectivity index (χ1n) is 6.07. The number of rotatable bonds is 1. The fourth-order valence-corrected chi connectivity index (χ4v) is 2.48. The van der Waals surface area contributed by atoms with Crippen LogP contribution in [0.4, 0.5) is 0 Å². The molecular weight excluding hydrogens is 220 g/mol. The van der Waals surface area contributed by atoms with Crippen molar-refractivity contribution in [2.24, 2.45) is 0 Å². The molecule has 2 aromatic carbocycles. The second-order valence-corrected chi connectivity index (χ2v) is 4.84. The van der Waals surface area contributed by atoms with Gasteiger partial charge in [-0.15, -0.1) is 0 Å². The van der Waals surface area contributed by atoms with E-state index in [2.05, 4.69) is 36.2 Å². The predicted molar refractivity (Wildman–Crippen MR) is 71.8 cm³/mol. The van der Waals surface area contributed by atoms with Gasteiger partial charge in [-0.05, 0) is 47.5 Å². The highest BCUT2D eigenvalue weighted by atomic mass is 15.1. The lowest BCUT2D eigenvalue weighted by Crippen LogP contribution is -2.07. The SMILES string of the molecule is CN1Cc2ccc(-c3ccc(C#N)cc3)cc2C1. The third-order valence-electron chi connectivity index (χ3n) is 3.43. The highest BCUT2D eigenvalue weighted by Crippen LogP contribution is 2.27. The first-order valence-corrected chi connectivity index (χ1v) is 6.07. The maximum absolute atomic E-state index is 8.80. The third-order valence-corrected chi connectivity index (χ3v) is 3.43. The van der Waals surface area contributed by atoms with Crippen molar-refractivity contribution >= 4 is 0 Å². The Hall–Kier alpha value is -2.11. The van der Waals surface area contributed by atoms with Crippen molar-refractivity contribution in [3.63, 3.8) is 0 Å². The van der Waals surface area contributed by atoms with Gasteiger partial charge in [0.1, 0.15) is 0 Å². The number of benzene rings is 2. The summed E-state index contributed by atoms with van der Waals surface area (Å²) < 4.78 is 0. The van der Waals surface area contributed by atoms with Gasteiger partial charge in [0.25, 0.3) is 0 Å². The van der Waals surface area contributed by atoms with Crippen LogP contribution in [0.15, 0.2) is 42.5 Å². The number of nitriles is 1. The molecule has 2 heteroatoms. The zero-order valence-electron chi connectivity index (χ0n) is 10.4. The molecule has 0 atom stereocenters. The van der Waals surface area contributed by atoms with Gasteiger partial charge in [-0.25, -0.2) is 0 Å². The molecule has 0 aromatic heterocycles. The van der Waals surface area contributed by atoms with E-state index in [4.69, 9.17) is 5.26 Å². The average Bonchev–Trinajstić information content (AvgIpc) is 2.78. The summed E-state index contributed by atoms with van der Waals surface area (Å²) in [5.41, 5.74) is 5.95. The van der Waals surface area contributed by atoms with Crippen LogP contribution in [0.5, 0.6) is 0 Å². The van der Waals surface area contributed by atoms with Gasteiger partial charge in [-0.1, -0.05) is 24.3 Å². The molecule has 0 bridgehead atoms. The van der Waals surface area contributed by atoms with Crippen LogP contribution < -0.4 is 0 Å². The zero-order valence-corrected chi connectivity index (χ0v) is 10.4. The van der Waals surface area contributed by atoms with Gasteiger partial charge in [0.15, 0.2) is 0 Å². The first kappa shape index (κ1) is 11.0. The lowest BCUT2D eigenvalue weighted by molar-refractivity contribution is 0.353. The van der Waals surface area contributed by atoms with Crippen molar-refractivity contribution in [2.45, 2.75) is 13.1 Å². The summed E-state index contributed by atoms with van der Waals surface area (Å²) in [5, 5.41) is 8.80. The van der Waals surface area contributed by atoms with Gasteiger partial charge >= 0.3 is 0 Å². The van der Waals surface area contributed by atoms with Gasteiger partial charge in [-0.3, -0.25) is 4.90 Å². The highest BCUT2D eigenvalue weighted by molar-refractivity contribution is 5.66. The Bertz CT molecular complexity index is 621. The number of nitrogens with zero attached hydrogens (tertiary/aromatic N) is 2. The van der Waals surface area contributed by atoms with Gasteiger partial charge in [0.05, 0.1) is 11.6 Å². The van der Waals surface area contributed by atoms with Crippen molar-refractivity contribution in [3.05, 3.63) is 59.2 Å². The minimum Gasteiger partial charge on any atom is -0.298 e. The molecule has 2 aromatic rings. The second kappa shape index (κ2) is 4.29. The Morgan fingerprint density at radius 1 is 0.944 bits per heavy atom. The van der Waals surface area contributed by atoms with E-state index in [1.165, 1.54) is 22.3 Å². The maximum Gasteiger partial charge on any atom is 0.0991 e. The Balaban J connectivity index is 1.98. The number of fused-ring (bicyclic) bond motifs is 1. The normalized spacial score (nSPS) is 14.2. The van der Waals surface area contributed by atoms with E-state index in [9.17, 15) is 0 Å². The summed E-state index contributed by atoms with van der Waals surface area (Å²) in [5.74, 6) is 0. The van der Waals surface area contributed by atoms with Crippen LogP contribution in [0.1, 0.15) is 16.7 Å². The first-order chi connectivity index (χ1) is 8.76. The summed E-state index contributed by atoms with van der Waals surface area (Å²) in [6.07, 6.45) is 0. The van der Waals surface area contributed by atoms with Crippen molar-refractivity contribution < 1.29 is 0 Å². The fraction of sp³-hybridized carbons (Fsp3) is 0.188. The molecule has 18 heavy (non-hydrogen) atoms. The molecule has 0 amide bonds. The molecule has 2 nitrogen and oxygen atoms in total. The Morgan fingerprint density at radius 3 is 2.33 bits per heavy atom. The van der Waals surface area contributed by atoms with Crippen LogP contribution in [0.25, 0.3) is 11.1 Å². The van der Waals surface area contributed by atoms with Gasteiger partial charge < -0.3 is 0 Å². The Kier molecular flexibility index (Phi) is 2.62. The van der Waals surface area contributed by atoms with Crippen molar-refractivity contribution in [3.8, 4) is 17.2 Å². The van der Waals surface area contributed by atoms with Gasteiger partial charge in [0.2, 0.25) is 0 Å². The Morgan fingerprint density at radius 2 is 1.61 bits per heavy atom. The monoisotopic (exact) mass is 234 g/mol. The van der Waals surface area contributed by atoms with Crippen molar-refractivity contribution in [1.82, 2.24) is 4.90 Å². The van der Waals surface area contributed by atoms with Crippen LogP contribution in [-0.2, 0) is 13.1 Å². The smallest absolute Gasteiger partial charge is 0.0991 e.